The number of aryl methyl sites for hydroxylation is 1. The average molecular weight is 395 g/mol. The molecule has 142 valence electrons. The maximum absolute atomic E-state index is 12.8. The maximum Gasteiger partial charge on any atom is 0.291 e. The van der Waals surface area contributed by atoms with Crippen molar-refractivity contribution in [3.05, 3.63) is 81.4 Å². The number of benzene rings is 2. The second kappa shape index (κ2) is 7.48. The molecule has 28 heavy (non-hydrogen) atoms. The lowest BCUT2D eigenvalue weighted by atomic mass is 10.1. The predicted octanol–water partition coefficient (Wildman–Crippen LogP) is 2.97. The highest BCUT2D eigenvalue weighted by atomic mass is 35.5. The van der Waals surface area contributed by atoms with Gasteiger partial charge in [-0.25, -0.2) is 4.68 Å². The van der Waals surface area contributed by atoms with E-state index in [0.29, 0.717) is 29.3 Å². The van der Waals surface area contributed by atoms with Crippen molar-refractivity contribution in [3.8, 4) is 0 Å². The van der Waals surface area contributed by atoms with Gasteiger partial charge in [-0.3, -0.25) is 14.0 Å². The van der Waals surface area contributed by atoms with Gasteiger partial charge in [-0.15, -0.1) is 0 Å². The summed E-state index contributed by atoms with van der Waals surface area (Å²) < 4.78 is 3.05. The maximum atomic E-state index is 12.8. The second-order valence-corrected chi connectivity index (χ2v) is 7.10. The van der Waals surface area contributed by atoms with Crippen molar-refractivity contribution in [2.45, 2.75) is 19.9 Å². The first-order valence-corrected chi connectivity index (χ1v) is 9.40. The fourth-order valence-electron chi connectivity index (χ4n) is 3.35. The SMILES string of the molecule is Cc1nn(CC(=O)NCCc2ccc(Cl)cc2)c(=O)c2cc3ccccc3n12. The van der Waals surface area contributed by atoms with Gasteiger partial charge in [-0.2, -0.15) is 5.10 Å². The van der Waals surface area contributed by atoms with Crippen molar-refractivity contribution in [1.29, 1.82) is 0 Å². The molecule has 4 rings (SSSR count). The van der Waals surface area contributed by atoms with Crippen LogP contribution >= 0.6 is 11.6 Å². The van der Waals surface area contributed by atoms with Gasteiger partial charge in [0.25, 0.3) is 5.56 Å². The van der Waals surface area contributed by atoms with Crippen LogP contribution in [0, 0.1) is 6.92 Å². The minimum atomic E-state index is -0.283. The van der Waals surface area contributed by atoms with E-state index in [4.69, 9.17) is 11.6 Å². The third kappa shape index (κ3) is 3.51. The standard InChI is InChI=1S/C21H19ClN4O2/c1-14-24-25(13-20(27)23-11-10-15-6-8-17(22)9-7-15)21(28)19-12-16-4-2-3-5-18(16)26(14)19/h2-9,12H,10-11,13H2,1H3,(H,23,27). The monoisotopic (exact) mass is 394 g/mol. The van der Waals surface area contributed by atoms with Crippen LogP contribution in [0.4, 0.5) is 0 Å². The predicted molar refractivity (Wildman–Crippen MR) is 110 cm³/mol. The molecule has 0 aliphatic carbocycles. The summed E-state index contributed by atoms with van der Waals surface area (Å²) in [6.07, 6.45) is 0.688. The summed E-state index contributed by atoms with van der Waals surface area (Å²) in [7, 11) is 0. The Kier molecular flexibility index (Phi) is 4.88. The number of nitrogens with zero attached hydrogens (tertiary/aromatic N) is 3. The Balaban J connectivity index is 1.50. The van der Waals surface area contributed by atoms with Crippen molar-refractivity contribution in [3.63, 3.8) is 0 Å². The Hall–Kier alpha value is -3.12. The van der Waals surface area contributed by atoms with E-state index in [1.807, 2.05) is 65.9 Å². The lowest BCUT2D eigenvalue weighted by molar-refractivity contribution is -0.121. The van der Waals surface area contributed by atoms with Crippen molar-refractivity contribution in [2.24, 2.45) is 0 Å². The smallest absolute Gasteiger partial charge is 0.291 e. The van der Waals surface area contributed by atoms with E-state index in [1.54, 1.807) is 0 Å². The molecule has 0 unspecified atom stereocenters. The van der Waals surface area contributed by atoms with Crippen LogP contribution in [-0.4, -0.2) is 26.6 Å². The molecule has 0 bridgehead atoms. The minimum absolute atomic E-state index is 0.113. The van der Waals surface area contributed by atoms with E-state index in [1.165, 1.54) is 4.68 Å². The van der Waals surface area contributed by atoms with Gasteiger partial charge in [0.05, 0.1) is 5.52 Å². The second-order valence-electron chi connectivity index (χ2n) is 6.66. The van der Waals surface area contributed by atoms with Crippen LogP contribution in [-0.2, 0) is 17.8 Å². The van der Waals surface area contributed by atoms with Crippen LogP contribution < -0.4 is 10.9 Å². The zero-order valence-electron chi connectivity index (χ0n) is 15.4. The van der Waals surface area contributed by atoms with Gasteiger partial charge in [0, 0.05) is 17.0 Å². The first-order valence-electron chi connectivity index (χ1n) is 9.02. The van der Waals surface area contributed by atoms with Crippen LogP contribution in [0.3, 0.4) is 0 Å². The summed E-state index contributed by atoms with van der Waals surface area (Å²) in [5.41, 5.74) is 2.24. The van der Waals surface area contributed by atoms with Gasteiger partial charge in [-0.05, 0) is 43.2 Å². The molecule has 0 spiro atoms. The number of carbonyl (C=O) groups is 1. The number of para-hydroxylation sites is 1. The van der Waals surface area contributed by atoms with Crippen molar-refractivity contribution in [2.75, 3.05) is 6.54 Å². The molecule has 2 aromatic carbocycles. The molecule has 2 heterocycles. The van der Waals surface area contributed by atoms with Gasteiger partial charge < -0.3 is 5.32 Å². The number of carbonyl (C=O) groups excluding carboxylic acids is 1. The fourth-order valence-corrected chi connectivity index (χ4v) is 3.48. The number of fused-ring (bicyclic) bond motifs is 3. The van der Waals surface area contributed by atoms with Gasteiger partial charge in [0.1, 0.15) is 17.9 Å². The Labute approximate surface area is 166 Å². The molecule has 6 nitrogen and oxygen atoms in total. The van der Waals surface area contributed by atoms with E-state index in [9.17, 15) is 9.59 Å². The minimum Gasteiger partial charge on any atom is -0.354 e. The molecule has 0 saturated heterocycles. The largest absolute Gasteiger partial charge is 0.354 e. The van der Waals surface area contributed by atoms with Gasteiger partial charge in [-0.1, -0.05) is 41.9 Å². The van der Waals surface area contributed by atoms with Gasteiger partial charge in [0.15, 0.2) is 0 Å². The molecule has 0 atom stereocenters. The Bertz CT molecular complexity index is 1230. The topological polar surface area (TPSA) is 68.4 Å². The molecule has 0 aliphatic heterocycles. The summed E-state index contributed by atoms with van der Waals surface area (Å²) in [5.74, 6) is 0.410. The van der Waals surface area contributed by atoms with Crippen molar-refractivity contribution < 1.29 is 4.79 Å². The first kappa shape index (κ1) is 18.3. The molecular weight excluding hydrogens is 376 g/mol. The molecule has 4 aromatic rings. The van der Waals surface area contributed by atoms with Crippen molar-refractivity contribution >= 4 is 33.9 Å². The Morgan fingerprint density at radius 2 is 1.86 bits per heavy atom. The highest BCUT2D eigenvalue weighted by Crippen LogP contribution is 2.18. The highest BCUT2D eigenvalue weighted by molar-refractivity contribution is 6.30. The number of nitrogens with one attached hydrogen (secondary N) is 1. The zero-order chi connectivity index (χ0) is 19.7. The van der Waals surface area contributed by atoms with Crippen LogP contribution in [0.2, 0.25) is 5.02 Å². The van der Waals surface area contributed by atoms with E-state index in [-0.39, 0.29) is 18.0 Å². The number of hydrogen-bond acceptors (Lipinski definition) is 3. The van der Waals surface area contributed by atoms with Crippen LogP contribution in [0.25, 0.3) is 16.4 Å². The van der Waals surface area contributed by atoms with Crippen molar-refractivity contribution in [1.82, 2.24) is 19.5 Å². The van der Waals surface area contributed by atoms with Crippen LogP contribution in [0.5, 0.6) is 0 Å². The summed E-state index contributed by atoms with van der Waals surface area (Å²) in [5, 5.41) is 8.82. The molecule has 1 amide bonds. The quantitative estimate of drug-likeness (QED) is 0.565. The molecule has 1 N–H and O–H groups in total. The van der Waals surface area contributed by atoms with Gasteiger partial charge >= 0.3 is 0 Å². The normalized spacial score (nSPS) is 11.2. The summed E-state index contributed by atoms with van der Waals surface area (Å²) in [6.45, 7) is 2.19. The molecule has 7 heteroatoms. The first-order chi connectivity index (χ1) is 13.5. The molecule has 0 radical (unpaired) electrons. The third-order valence-corrected chi connectivity index (χ3v) is 4.95. The Morgan fingerprint density at radius 1 is 1.11 bits per heavy atom. The molecule has 0 saturated carbocycles. The summed E-state index contributed by atoms with van der Waals surface area (Å²) >= 11 is 5.87. The van der Waals surface area contributed by atoms with E-state index >= 15 is 0 Å². The molecule has 2 aromatic heterocycles. The number of halogens is 1. The zero-order valence-corrected chi connectivity index (χ0v) is 16.1. The highest BCUT2D eigenvalue weighted by Gasteiger charge is 2.13. The lowest BCUT2D eigenvalue weighted by Gasteiger charge is -2.09. The number of hydrogen-bond donors (Lipinski definition) is 1. The van der Waals surface area contributed by atoms with E-state index in [0.717, 1.165) is 16.5 Å². The van der Waals surface area contributed by atoms with E-state index < -0.39 is 0 Å². The average Bonchev–Trinajstić information content (AvgIpc) is 3.08. The lowest BCUT2D eigenvalue weighted by Crippen LogP contribution is -2.35. The summed E-state index contributed by atoms with van der Waals surface area (Å²) in [6, 6.07) is 17.1. The van der Waals surface area contributed by atoms with Crippen LogP contribution in [0.15, 0.2) is 59.4 Å². The van der Waals surface area contributed by atoms with E-state index in [2.05, 4.69) is 10.4 Å². The number of amides is 1. The molecule has 0 aliphatic rings. The number of aromatic nitrogens is 3. The Morgan fingerprint density at radius 3 is 2.64 bits per heavy atom. The molecule has 0 fully saturated rings. The fraction of sp³-hybridized carbons (Fsp3) is 0.190. The van der Waals surface area contributed by atoms with Gasteiger partial charge in [0.2, 0.25) is 5.91 Å². The number of rotatable bonds is 5. The van der Waals surface area contributed by atoms with Crippen LogP contribution in [0.1, 0.15) is 11.4 Å². The molecular formula is C21H19ClN4O2. The summed E-state index contributed by atoms with van der Waals surface area (Å²) in [4.78, 5) is 25.1. The third-order valence-electron chi connectivity index (χ3n) is 4.70.